The zero-order valence-electron chi connectivity index (χ0n) is 24.9. The van der Waals surface area contributed by atoms with Crippen LogP contribution in [0.5, 0.6) is 17.2 Å². The quantitative estimate of drug-likeness (QED) is 0.0557. The summed E-state index contributed by atoms with van der Waals surface area (Å²) in [6, 6.07) is 21.9. The van der Waals surface area contributed by atoms with Crippen molar-refractivity contribution < 1.29 is 37.7 Å². The highest BCUT2D eigenvalue weighted by Gasteiger charge is 2.10. The fourth-order valence-electron chi connectivity index (χ4n) is 4.17. The number of carbonyl (C=O) groups excluding carboxylic acids is 3. The number of rotatable bonds is 20. The molecule has 0 N–H and O–H groups in total. The number of ether oxygens (including phenoxy) is 4. The normalized spacial score (nSPS) is 10.5. The second-order valence-corrected chi connectivity index (χ2v) is 10.1. The third-order valence-electron chi connectivity index (χ3n) is 6.67. The van der Waals surface area contributed by atoms with Crippen molar-refractivity contribution in [1.29, 1.82) is 0 Å². The van der Waals surface area contributed by atoms with Crippen LogP contribution < -0.4 is 14.2 Å². The summed E-state index contributed by atoms with van der Waals surface area (Å²) in [5, 5.41) is 0. The molecule has 0 radical (unpaired) electrons. The zero-order chi connectivity index (χ0) is 31.6. The van der Waals surface area contributed by atoms with Crippen LogP contribution in [0.15, 0.2) is 97.9 Å². The Hall–Kier alpha value is -4.72. The largest absolute Gasteiger partial charge is 0.494 e. The van der Waals surface area contributed by atoms with E-state index in [4.69, 9.17) is 18.9 Å². The first-order valence-electron chi connectivity index (χ1n) is 14.8. The molecular formula is C36H39FO7. The van der Waals surface area contributed by atoms with Crippen LogP contribution in [-0.4, -0.2) is 37.5 Å². The molecule has 0 aromatic heterocycles. The Morgan fingerprint density at radius 1 is 0.636 bits per heavy atom. The fourth-order valence-corrected chi connectivity index (χ4v) is 4.17. The van der Waals surface area contributed by atoms with Gasteiger partial charge in [0.05, 0.1) is 25.4 Å². The van der Waals surface area contributed by atoms with E-state index in [9.17, 15) is 18.8 Å². The van der Waals surface area contributed by atoms with Crippen LogP contribution in [-0.2, 0) is 14.3 Å². The highest BCUT2D eigenvalue weighted by atomic mass is 19.1. The van der Waals surface area contributed by atoms with Crippen molar-refractivity contribution in [3.05, 3.63) is 103 Å². The Balaban J connectivity index is 1.34. The number of allylic oxidation sites excluding steroid dienone is 1. The van der Waals surface area contributed by atoms with E-state index < -0.39 is 17.8 Å². The van der Waals surface area contributed by atoms with Crippen molar-refractivity contribution in [2.45, 2.75) is 51.4 Å². The van der Waals surface area contributed by atoms with Gasteiger partial charge >= 0.3 is 11.9 Å². The van der Waals surface area contributed by atoms with Crippen molar-refractivity contribution in [3.63, 3.8) is 0 Å². The molecular weight excluding hydrogens is 563 g/mol. The molecule has 0 aliphatic heterocycles. The van der Waals surface area contributed by atoms with Crippen LogP contribution in [0.2, 0.25) is 0 Å². The highest BCUT2D eigenvalue weighted by Crippen LogP contribution is 2.25. The third-order valence-corrected chi connectivity index (χ3v) is 6.67. The molecule has 0 amide bonds. The van der Waals surface area contributed by atoms with Crippen LogP contribution in [0.3, 0.4) is 0 Å². The number of hydrogen-bond donors (Lipinski definition) is 0. The van der Waals surface area contributed by atoms with Gasteiger partial charge in [-0.2, -0.15) is 4.39 Å². The van der Waals surface area contributed by atoms with E-state index >= 15 is 0 Å². The first-order valence-corrected chi connectivity index (χ1v) is 14.8. The van der Waals surface area contributed by atoms with Crippen LogP contribution in [0.1, 0.15) is 61.7 Å². The van der Waals surface area contributed by atoms with Crippen LogP contribution in [0, 0.1) is 0 Å². The van der Waals surface area contributed by atoms with Crippen molar-refractivity contribution in [1.82, 2.24) is 0 Å². The molecule has 0 unspecified atom stereocenters. The molecule has 0 fully saturated rings. The standard InChI is InChI=1S/C36H39FO7/c1-3-31(38)11-7-6-10-25-42-33-20-16-30(17-21-33)36(40)44-34-22-14-29(15-23-34)28-12-18-32(19-13-28)41-24-8-4-5-9-26-43-35(39)27(2)37/h3,12-23H,1-2,4-11,24-26H2. The lowest BCUT2D eigenvalue weighted by Crippen LogP contribution is -2.08. The van der Waals surface area contributed by atoms with E-state index in [1.165, 1.54) is 6.08 Å². The minimum absolute atomic E-state index is 0.0625. The summed E-state index contributed by atoms with van der Waals surface area (Å²) in [7, 11) is 0. The van der Waals surface area contributed by atoms with E-state index in [0.717, 1.165) is 55.4 Å². The molecule has 8 heteroatoms. The van der Waals surface area contributed by atoms with Gasteiger partial charge in [0.1, 0.15) is 17.2 Å². The van der Waals surface area contributed by atoms with Gasteiger partial charge in [-0.1, -0.05) is 37.4 Å². The minimum atomic E-state index is -1.08. The zero-order valence-corrected chi connectivity index (χ0v) is 24.9. The van der Waals surface area contributed by atoms with Gasteiger partial charge in [-0.15, -0.1) is 0 Å². The third kappa shape index (κ3) is 12.3. The summed E-state index contributed by atoms with van der Waals surface area (Å²) in [5.74, 6) is -0.586. The number of halogens is 1. The van der Waals surface area contributed by atoms with Gasteiger partial charge in [0.25, 0.3) is 0 Å². The molecule has 44 heavy (non-hydrogen) atoms. The lowest BCUT2D eigenvalue weighted by molar-refractivity contribution is -0.140. The van der Waals surface area contributed by atoms with Crippen LogP contribution >= 0.6 is 0 Å². The van der Waals surface area contributed by atoms with Gasteiger partial charge in [0, 0.05) is 6.42 Å². The number of carbonyl (C=O) groups is 3. The molecule has 0 saturated heterocycles. The molecule has 0 heterocycles. The van der Waals surface area contributed by atoms with Gasteiger partial charge in [0.2, 0.25) is 5.83 Å². The molecule has 0 spiro atoms. The summed E-state index contributed by atoms with van der Waals surface area (Å²) in [6.45, 7) is 7.66. The van der Waals surface area contributed by atoms with E-state index in [-0.39, 0.29) is 12.4 Å². The molecule has 3 aromatic carbocycles. The lowest BCUT2D eigenvalue weighted by Gasteiger charge is -2.09. The number of hydrogen-bond acceptors (Lipinski definition) is 7. The molecule has 0 bridgehead atoms. The van der Waals surface area contributed by atoms with Gasteiger partial charge in [-0.05, 0) is 111 Å². The Kier molecular flexibility index (Phi) is 14.4. The van der Waals surface area contributed by atoms with Crippen LogP contribution in [0.25, 0.3) is 11.1 Å². The van der Waals surface area contributed by atoms with Gasteiger partial charge in [-0.25, -0.2) is 9.59 Å². The molecule has 0 aliphatic rings. The predicted molar refractivity (Wildman–Crippen MR) is 168 cm³/mol. The van der Waals surface area contributed by atoms with Crippen LogP contribution in [0.4, 0.5) is 4.39 Å². The summed E-state index contributed by atoms with van der Waals surface area (Å²) >= 11 is 0. The number of esters is 2. The molecule has 0 saturated carbocycles. The Bertz CT molecular complexity index is 1360. The molecule has 3 aromatic rings. The Morgan fingerprint density at radius 3 is 1.64 bits per heavy atom. The molecule has 0 atom stereocenters. The average molecular weight is 603 g/mol. The predicted octanol–water partition coefficient (Wildman–Crippen LogP) is 8.23. The van der Waals surface area contributed by atoms with Crippen molar-refractivity contribution in [2.24, 2.45) is 0 Å². The highest BCUT2D eigenvalue weighted by molar-refractivity contribution is 5.91. The maximum Gasteiger partial charge on any atom is 0.366 e. The maximum atomic E-state index is 12.6. The summed E-state index contributed by atoms with van der Waals surface area (Å²) in [6.07, 6.45) is 7.70. The van der Waals surface area contributed by atoms with E-state index in [0.29, 0.717) is 43.1 Å². The number of benzene rings is 3. The van der Waals surface area contributed by atoms with Gasteiger partial charge < -0.3 is 18.9 Å². The number of unbranched alkanes of at least 4 members (excludes halogenated alkanes) is 5. The monoisotopic (exact) mass is 602 g/mol. The van der Waals surface area contributed by atoms with E-state index in [1.54, 1.807) is 36.4 Å². The van der Waals surface area contributed by atoms with Gasteiger partial charge in [-0.3, -0.25) is 4.79 Å². The summed E-state index contributed by atoms with van der Waals surface area (Å²) in [4.78, 5) is 34.8. The average Bonchev–Trinajstić information content (AvgIpc) is 3.04. The summed E-state index contributed by atoms with van der Waals surface area (Å²) in [5.41, 5.74) is 2.40. The number of ketones is 1. The van der Waals surface area contributed by atoms with Gasteiger partial charge in [0.15, 0.2) is 5.78 Å². The van der Waals surface area contributed by atoms with Crippen molar-refractivity contribution in [2.75, 3.05) is 19.8 Å². The lowest BCUT2D eigenvalue weighted by atomic mass is 10.1. The molecule has 232 valence electrons. The maximum absolute atomic E-state index is 12.6. The summed E-state index contributed by atoms with van der Waals surface area (Å²) < 4.78 is 34.3. The molecule has 7 nitrogen and oxygen atoms in total. The van der Waals surface area contributed by atoms with E-state index in [1.807, 2.05) is 36.4 Å². The van der Waals surface area contributed by atoms with E-state index in [2.05, 4.69) is 13.2 Å². The van der Waals surface area contributed by atoms with Crippen molar-refractivity contribution >= 4 is 17.7 Å². The second kappa shape index (κ2) is 18.7. The Labute approximate surface area is 258 Å². The SMILES string of the molecule is C=CC(=O)CCCCCOc1ccc(C(=O)Oc2ccc(-c3ccc(OCCCCCCOC(=O)C(=C)F)cc3)cc2)cc1. The molecule has 0 aliphatic carbocycles. The first-order chi connectivity index (χ1) is 21.4. The topological polar surface area (TPSA) is 88.1 Å². The first kappa shape index (κ1) is 33.8. The Morgan fingerprint density at radius 2 is 1.11 bits per heavy atom. The minimum Gasteiger partial charge on any atom is -0.494 e. The molecule has 3 rings (SSSR count). The second-order valence-electron chi connectivity index (χ2n) is 10.1. The van der Waals surface area contributed by atoms with Crippen molar-refractivity contribution in [3.8, 4) is 28.4 Å². The fraction of sp³-hybridized carbons (Fsp3) is 0.306. The smallest absolute Gasteiger partial charge is 0.366 e.